The van der Waals surface area contributed by atoms with E-state index in [-0.39, 0.29) is 5.75 Å². The van der Waals surface area contributed by atoms with E-state index in [0.717, 1.165) is 11.3 Å². The molecule has 90 valence electrons. The zero-order valence-electron chi connectivity index (χ0n) is 9.75. The second-order valence-electron chi connectivity index (χ2n) is 3.69. The summed E-state index contributed by atoms with van der Waals surface area (Å²) in [5.74, 6) is 0.285. The van der Waals surface area contributed by atoms with E-state index in [9.17, 15) is 4.39 Å². The summed E-state index contributed by atoms with van der Waals surface area (Å²) >= 11 is 0. The normalized spacial score (nSPS) is 10.5. The molecule has 0 aliphatic carbocycles. The fourth-order valence-corrected chi connectivity index (χ4v) is 1.62. The molecule has 0 radical (unpaired) electrons. The molecule has 0 aliphatic heterocycles. The molecule has 0 fully saturated rings. The number of aromatic nitrogens is 2. The highest BCUT2D eigenvalue weighted by molar-refractivity contribution is 5.68. The summed E-state index contributed by atoms with van der Waals surface area (Å²) in [4.78, 5) is 0. The van der Waals surface area contributed by atoms with Crippen LogP contribution in [0.1, 0.15) is 12.5 Å². The smallest absolute Gasteiger partial charge is 0.165 e. The molecule has 0 aliphatic rings. The molecule has 0 saturated carbocycles. The number of nitrogens with two attached hydrogens (primary N) is 1. The zero-order valence-corrected chi connectivity index (χ0v) is 9.75. The standard InChI is InChI=1S/C12H14FN3O/c1-3-17-10-5-4-8(6-9(10)13)11-7(2)12(14)16-15-11/h4-6H,3H2,1-2H3,(H3,14,15,16). The molecule has 1 heterocycles. The molecule has 0 spiro atoms. The van der Waals surface area contributed by atoms with E-state index >= 15 is 0 Å². The number of aromatic amines is 1. The highest BCUT2D eigenvalue weighted by atomic mass is 19.1. The fraction of sp³-hybridized carbons (Fsp3) is 0.250. The Morgan fingerprint density at radius 1 is 1.47 bits per heavy atom. The number of ether oxygens (including phenoxy) is 1. The van der Waals surface area contributed by atoms with Crippen LogP contribution in [0.3, 0.4) is 0 Å². The van der Waals surface area contributed by atoms with Crippen LogP contribution in [0, 0.1) is 12.7 Å². The van der Waals surface area contributed by atoms with Crippen molar-refractivity contribution in [3.8, 4) is 17.0 Å². The average molecular weight is 235 g/mol. The minimum atomic E-state index is -0.392. The molecule has 0 amide bonds. The Morgan fingerprint density at radius 2 is 2.24 bits per heavy atom. The van der Waals surface area contributed by atoms with E-state index in [1.807, 2.05) is 13.8 Å². The van der Waals surface area contributed by atoms with E-state index in [1.54, 1.807) is 12.1 Å². The largest absolute Gasteiger partial charge is 0.491 e. The van der Waals surface area contributed by atoms with Crippen LogP contribution in [-0.4, -0.2) is 16.8 Å². The predicted octanol–water partition coefficient (Wildman–Crippen LogP) is 2.51. The molecule has 1 aromatic heterocycles. The molecule has 4 nitrogen and oxygen atoms in total. The average Bonchev–Trinajstić information content (AvgIpc) is 2.63. The van der Waals surface area contributed by atoms with Crippen LogP contribution < -0.4 is 10.5 Å². The summed E-state index contributed by atoms with van der Waals surface area (Å²) in [6.07, 6.45) is 0. The third kappa shape index (κ3) is 2.08. The molecule has 2 rings (SSSR count). The number of benzene rings is 1. The van der Waals surface area contributed by atoms with Crippen LogP contribution in [-0.2, 0) is 0 Å². The van der Waals surface area contributed by atoms with Gasteiger partial charge < -0.3 is 10.5 Å². The van der Waals surface area contributed by atoms with Gasteiger partial charge in [0.2, 0.25) is 0 Å². The third-order valence-corrected chi connectivity index (χ3v) is 2.57. The topological polar surface area (TPSA) is 63.9 Å². The summed E-state index contributed by atoms with van der Waals surface area (Å²) < 4.78 is 18.8. The second-order valence-corrected chi connectivity index (χ2v) is 3.69. The van der Waals surface area contributed by atoms with Crippen LogP contribution in [0.4, 0.5) is 10.2 Å². The molecule has 2 aromatic rings. The lowest BCUT2D eigenvalue weighted by Crippen LogP contribution is -1.95. The van der Waals surface area contributed by atoms with E-state index in [2.05, 4.69) is 10.2 Å². The molecule has 0 atom stereocenters. The van der Waals surface area contributed by atoms with Gasteiger partial charge in [-0.25, -0.2) is 4.39 Å². The van der Waals surface area contributed by atoms with Gasteiger partial charge in [0.05, 0.1) is 12.3 Å². The molecular weight excluding hydrogens is 221 g/mol. The Balaban J connectivity index is 2.41. The van der Waals surface area contributed by atoms with Gasteiger partial charge in [0, 0.05) is 11.1 Å². The van der Waals surface area contributed by atoms with Crippen molar-refractivity contribution < 1.29 is 9.13 Å². The monoisotopic (exact) mass is 235 g/mol. The van der Waals surface area contributed by atoms with Crippen molar-refractivity contribution in [2.45, 2.75) is 13.8 Å². The Labute approximate surface area is 98.6 Å². The molecule has 0 saturated heterocycles. The van der Waals surface area contributed by atoms with Crippen molar-refractivity contribution in [1.29, 1.82) is 0 Å². The van der Waals surface area contributed by atoms with Crippen LogP contribution in [0.5, 0.6) is 5.75 Å². The van der Waals surface area contributed by atoms with Crippen molar-refractivity contribution in [2.75, 3.05) is 12.3 Å². The molecule has 0 unspecified atom stereocenters. The molecule has 0 bridgehead atoms. The number of rotatable bonds is 3. The van der Waals surface area contributed by atoms with Crippen molar-refractivity contribution in [3.63, 3.8) is 0 Å². The van der Waals surface area contributed by atoms with Gasteiger partial charge in [-0.1, -0.05) is 0 Å². The van der Waals surface area contributed by atoms with Crippen molar-refractivity contribution >= 4 is 5.82 Å². The Kier molecular flexibility index (Phi) is 2.99. The van der Waals surface area contributed by atoms with Gasteiger partial charge in [0.25, 0.3) is 0 Å². The van der Waals surface area contributed by atoms with Crippen molar-refractivity contribution in [1.82, 2.24) is 10.2 Å². The Hall–Kier alpha value is -2.04. The lowest BCUT2D eigenvalue weighted by atomic mass is 10.1. The van der Waals surface area contributed by atoms with E-state index in [0.29, 0.717) is 18.0 Å². The number of hydrogen-bond donors (Lipinski definition) is 2. The van der Waals surface area contributed by atoms with Gasteiger partial charge in [-0.15, -0.1) is 0 Å². The summed E-state index contributed by atoms with van der Waals surface area (Å²) in [5, 5.41) is 6.67. The summed E-state index contributed by atoms with van der Waals surface area (Å²) in [5.41, 5.74) is 7.87. The van der Waals surface area contributed by atoms with E-state index in [1.165, 1.54) is 6.07 Å². The molecule has 5 heteroatoms. The van der Waals surface area contributed by atoms with E-state index in [4.69, 9.17) is 10.5 Å². The molecule has 1 aromatic carbocycles. The SMILES string of the molecule is CCOc1ccc(-c2[nH]nc(N)c2C)cc1F. The lowest BCUT2D eigenvalue weighted by molar-refractivity contribution is 0.321. The predicted molar refractivity (Wildman–Crippen MR) is 64.3 cm³/mol. The third-order valence-electron chi connectivity index (χ3n) is 2.57. The van der Waals surface area contributed by atoms with Crippen LogP contribution in [0.15, 0.2) is 18.2 Å². The first kappa shape index (κ1) is 11.4. The lowest BCUT2D eigenvalue weighted by Gasteiger charge is -2.06. The molecular formula is C12H14FN3O. The highest BCUT2D eigenvalue weighted by Crippen LogP contribution is 2.28. The summed E-state index contributed by atoms with van der Waals surface area (Å²) in [6.45, 7) is 4.09. The highest BCUT2D eigenvalue weighted by Gasteiger charge is 2.11. The minimum absolute atomic E-state index is 0.251. The first-order valence-corrected chi connectivity index (χ1v) is 5.36. The van der Waals surface area contributed by atoms with Crippen molar-refractivity contribution in [3.05, 3.63) is 29.6 Å². The van der Waals surface area contributed by atoms with Gasteiger partial charge in [0.1, 0.15) is 5.82 Å². The van der Waals surface area contributed by atoms with Crippen LogP contribution in [0.25, 0.3) is 11.3 Å². The maximum atomic E-state index is 13.7. The first-order valence-electron chi connectivity index (χ1n) is 5.36. The molecule has 3 N–H and O–H groups in total. The maximum absolute atomic E-state index is 13.7. The summed E-state index contributed by atoms with van der Waals surface area (Å²) in [7, 11) is 0. The number of hydrogen-bond acceptors (Lipinski definition) is 3. The number of nitrogens with one attached hydrogen (secondary N) is 1. The number of H-pyrrole nitrogens is 1. The number of nitrogens with zero attached hydrogens (tertiary/aromatic N) is 1. The number of nitrogen functional groups attached to an aromatic ring is 1. The van der Waals surface area contributed by atoms with Crippen molar-refractivity contribution in [2.24, 2.45) is 0 Å². The fourth-order valence-electron chi connectivity index (χ4n) is 1.62. The second kappa shape index (κ2) is 4.45. The van der Waals surface area contributed by atoms with Crippen LogP contribution in [0.2, 0.25) is 0 Å². The Bertz CT molecular complexity index is 537. The van der Waals surface area contributed by atoms with Gasteiger partial charge in [-0.3, -0.25) is 5.10 Å². The Morgan fingerprint density at radius 3 is 2.76 bits per heavy atom. The number of halogens is 1. The molecule has 17 heavy (non-hydrogen) atoms. The zero-order chi connectivity index (χ0) is 12.4. The maximum Gasteiger partial charge on any atom is 0.165 e. The minimum Gasteiger partial charge on any atom is -0.491 e. The van der Waals surface area contributed by atoms with Gasteiger partial charge in [0.15, 0.2) is 11.6 Å². The van der Waals surface area contributed by atoms with E-state index < -0.39 is 5.82 Å². The van der Waals surface area contributed by atoms with Gasteiger partial charge in [-0.2, -0.15) is 5.10 Å². The summed E-state index contributed by atoms with van der Waals surface area (Å²) in [6, 6.07) is 4.78. The van der Waals surface area contributed by atoms with Gasteiger partial charge in [-0.05, 0) is 32.0 Å². The van der Waals surface area contributed by atoms with Crippen LogP contribution >= 0.6 is 0 Å². The number of anilines is 1. The quantitative estimate of drug-likeness (QED) is 0.859. The first-order chi connectivity index (χ1) is 8.13. The van der Waals surface area contributed by atoms with Gasteiger partial charge >= 0.3 is 0 Å².